The molecule has 1 rings (SSSR count). The van der Waals surface area contributed by atoms with Gasteiger partial charge >= 0.3 is 18.3 Å². The van der Waals surface area contributed by atoms with Crippen LogP contribution >= 0.6 is 0 Å². The molecule has 1 aliphatic heterocycles. The molecule has 4 nitrogen and oxygen atoms in total. The van der Waals surface area contributed by atoms with Gasteiger partial charge in [0.25, 0.3) is 0 Å². The first kappa shape index (κ1) is 16.0. The zero-order valence-electron chi connectivity index (χ0n) is 8.14. The first-order valence-electron chi connectivity index (χ1n) is 4.22. The number of aliphatic hydroxyl groups excluding tert-OH is 1. The molecule has 1 unspecified atom stereocenters. The zero-order chi connectivity index (χ0) is 13.9. The molecular weight excluding hydrogens is 260 g/mol. The van der Waals surface area contributed by atoms with Crippen molar-refractivity contribution in [2.24, 2.45) is 5.92 Å². The Labute approximate surface area is 91.2 Å². The number of alkyl halides is 6. The van der Waals surface area contributed by atoms with Crippen molar-refractivity contribution in [1.82, 2.24) is 5.32 Å². The van der Waals surface area contributed by atoms with Crippen molar-refractivity contribution in [3.63, 3.8) is 0 Å². The summed E-state index contributed by atoms with van der Waals surface area (Å²) in [5.74, 6) is -3.40. The van der Waals surface area contributed by atoms with E-state index in [-0.39, 0.29) is 13.1 Å². The van der Waals surface area contributed by atoms with Gasteiger partial charge in [-0.2, -0.15) is 26.3 Å². The van der Waals surface area contributed by atoms with E-state index in [1.165, 1.54) is 0 Å². The number of nitrogens with one attached hydrogen (secondary N) is 1. The molecule has 102 valence electrons. The topological polar surface area (TPSA) is 69.6 Å². The van der Waals surface area contributed by atoms with E-state index in [0.717, 1.165) is 0 Å². The summed E-state index contributed by atoms with van der Waals surface area (Å²) in [6.07, 6.45) is -11.7. The molecule has 0 aromatic heterocycles. The maximum Gasteiger partial charge on any atom is 0.490 e. The van der Waals surface area contributed by atoms with Gasteiger partial charge in [-0.1, -0.05) is 0 Å². The molecule has 1 atom stereocenters. The highest BCUT2D eigenvalue weighted by molar-refractivity contribution is 5.73. The fourth-order valence-electron chi connectivity index (χ4n) is 0.802. The molecule has 1 heterocycles. The van der Waals surface area contributed by atoms with Crippen LogP contribution in [0, 0.1) is 5.92 Å². The van der Waals surface area contributed by atoms with Gasteiger partial charge in [0.05, 0.1) is 0 Å². The van der Waals surface area contributed by atoms with Gasteiger partial charge in [0.15, 0.2) is 6.10 Å². The van der Waals surface area contributed by atoms with Crippen LogP contribution < -0.4 is 5.32 Å². The lowest BCUT2D eigenvalue weighted by Crippen LogP contribution is -2.53. The van der Waals surface area contributed by atoms with Crippen LogP contribution in [0.2, 0.25) is 0 Å². The first-order chi connectivity index (χ1) is 7.46. The van der Waals surface area contributed by atoms with Gasteiger partial charge in [-0.15, -0.1) is 0 Å². The van der Waals surface area contributed by atoms with Gasteiger partial charge in [0.1, 0.15) is 0 Å². The first-order valence-corrected chi connectivity index (χ1v) is 4.22. The minimum Gasteiger partial charge on any atom is -0.475 e. The molecule has 0 aromatic rings. The second-order valence-corrected chi connectivity index (χ2v) is 3.21. The number of hydrogen-bond donors (Lipinski definition) is 3. The van der Waals surface area contributed by atoms with Gasteiger partial charge in [-0.3, -0.25) is 0 Å². The molecule has 1 aliphatic rings. The van der Waals surface area contributed by atoms with Crippen LogP contribution in [0.1, 0.15) is 0 Å². The fraction of sp³-hybridized carbons (Fsp3) is 0.857. The highest BCUT2D eigenvalue weighted by atomic mass is 19.4. The van der Waals surface area contributed by atoms with E-state index < -0.39 is 30.3 Å². The molecule has 0 aromatic carbocycles. The Kier molecular flexibility index (Phi) is 5.20. The molecule has 3 N–H and O–H groups in total. The number of hydrogen-bond acceptors (Lipinski definition) is 3. The van der Waals surface area contributed by atoms with E-state index in [1.54, 1.807) is 0 Å². The molecule has 1 fully saturated rings. The Morgan fingerprint density at radius 1 is 1.18 bits per heavy atom. The Balaban J connectivity index is 0.000000325. The third kappa shape index (κ3) is 5.73. The second-order valence-electron chi connectivity index (χ2n) is 3.21. The van der Waals surface area contributed by atoms with Crippen LogP contribution in [-0.4, -0.2) is 47.7 Å². The lowest BCUT2D eigenvalue weighted by molar-refractivity contribution is -0.223. The summed E-state index contributed by atoms with van der Waals surface area (Å²) < 4.78 is 66.7. The number of carbonyl (C=O) groups is 1. The lowest BCUT2D eigenvalue weighted by Gasteiger charge is -2.32. The van der Waals surface area contributed by atoms with Crippen molar-refractivity contribution in [2.45, 2.75) is 18.5 Å². The summed E-state index contributed by atoms with van der Waals surface area (Å²) in [5.41, 5.74) is 0. The molecule has 0 radical (unpaired) electrons. The van der Waals surface area contributed by atoms with Gasteiger partial charge in [-0.05, 0) is 0 Å². The minimum absolute atomic E-state index is 0.265. The summed E-state index contributed by atoms with van der Waals surface area (Å²) in [4.78, 5) is 8.90. The normalized spacial score (nSPS) is 18.8. The molecular formula is C7H9F6NO3. The summed E-state index contributed by atoms with van der Waals surface area (Å²) in [5, 5.41) is 18.3. The lowest BCUT2D eigenvalue weighted by atomic mass is 9.96. The van der Waals surface area contributed by atoms with Crippen LogP contribution in [-0.2, 0) is 4.79 Å². The molecule has 1 saturated heterocycles. The highest BCUT2D eigenvalue weighted by Crippen LogP contribution is 2.27. The monoisotopic (exact) mass is 269 g/mol. The summed E-state index contributed by atoms with van der Waals surface area (Å²) in [6, 6.07) is 0. The largest absolute Gasteiger partial charge is 0.490 e. The van der Waals surface area contributed by atoms with Crippen molar-refractivity contribution in [3.05, 3.63) is 0 Å². The third-order valence-corrected chi connectivity index (χ3v) is 1.84. The second kappa shape index (κ2) is 5.54. The van der Waals surface area contributed by atoms with Crippen LogP contribution in [0.25, 0.3) is 0 Å². The number of rotatable bonds is 1. The molecule has 0 aliphatic carbocycles. The van der Waals surface area contributed by atoms with Crippen molar-refractivity contribution >= 4 is 5.97 Å². The molecule has 17 heavy (non-hydrogen) atoms. The maximum absolute atomic E-state index is 11.6. The molecule has 0 amide bonds. The predicted octanol–water partition coefficient (Wildman–Crippen LogP) is 0.762. The Bertz CT molecular complexity index is 259. The molecule has 0 spiro atoms. The third-order valence-electron chi connectivity index (χ3n) is 1.84. The number of carboxylic acid groups (broad SMARTS) is 1. The van der Waals surface area contributed by atoms with Crippen molar-refractivity contribution in [3.8, 4) is 0 Å². The molecule has 0 saturated carbocycles. The smallest absolute Gasteiger partial charge is 0.475 e. The molecule has 0 bridgehead atoms. The van der Waals surface area contributed by atoms with Crippen molar-refractivity contribution in [2.75, 3.05) is 13.1 Å². The SMILES string of the molecule is O=C(O)C(F)(F)F.OC(C1CNC1)C(F)(F)F. The Morgan fingerprint density at radius 3 is 1.59 bits per heavy atom. The van der Waals surface area contributed by atoms with Crippen LogP contribution in [0.3, 0.4) is 0 Å². The van der Waals surface area contributed by atoms with E-state index in [2.05, 4.69) is 5.32 Å². The summed E-state index contributed by atoms with van der Waals surface area (Å²) in [6.45, 7) is 0.529. The Morgan fingerprint density at radius 2 is 1.53 bits per heavy atom. The van der Waals surface area contributed by atoms with Gasteiger partial charge in [-0.25, -0.2) is 4.79 Å². The fourth-order valence-corrected chi connectivity index (χ4v) is 0.802. The van der Waals surface area contributed by atoms with Crippen molar-refractivity contribution in [1.29, 1.82) is 0 Å². The van der Waals surface area contributed by atoms with Crippen LogP contribution in [0.15, 0.2) is 0 Å². The standard InChI is InChI=1S/C5H8F3NO.C2HF3O2/c6-5(7,8)4(10)3-1-9-2-3;3-2(4,5)1(6)7/h3-4,9-10H,1-2H2;(H,6,7). The van der Waals surface area contributed by atoms with E-state index in [0.29, 0.717) is 0 Å². The van der Waals surface area contributed by atoms with E-state index >= 15 is 0 Å². The highest BCUT2D eigenvalue weighted by Gasteiger charge is 2.45. The maximum atomic E-state index is 11.6. The number of halogens is 6. The minimum atomic E-state index is -5.08. The quantitative estimate of drug-likeness (QED) is 0.615. The van der Waals surface area contributed by atoms with E-state index in [1.807, 2.05) is 0 Å². The number of aliphatic carboxylic acids is 1. The number of carboxylic acids is 1. The average Bonchev–Trinajstić information content (AvgIpc) is 1.97. The zero-order valence-corrected chi connectivity index (χ0v) is 8.14. The van der Waals surface area contributed by atoms with Crippen LogP contribution in [0.4, 0.5) is 26.3 Å². The summed E-state index contributed by atoms with van der Waals surface area (Å²) in [7, 11) is 0. The van der Waals surface area contributed by atoms with Crippen LogP contribution in [0.5, 0.6) is 0 Å². The summed E-state index contributed by atoms with van der Waals surface area (Å²) >= 11 is 0. The average molecular weight is 269 g/mol. The van der Waals surface area contributed by atoms with E-state index in [9.17, 15) is 26.3 Å². The predicted molar refractivity (Wildman–Crippen MR) is 42.1 cm³/mol. The number of aliphatic hydroxyl groups is 1. The van der Waals surface area contributed by atoms with Crippen molar-refractivity contribution < 1.29 is 41.4 Å². The molecule has 10 heteroatoms. The van der Waals surface area contributed by atoms with Gasteiger partial charge in [0, 0.05) is 19.0 Å². The van der Waals surface area contributed by atoms with Gasteiger partial charge < -0.3 is 15.5 Å². The van der Waals surface area contributed by atoms with E-state index in [4.69, 9.17) is 15.0 Å². The Hall–Kier alpha value is -1.03. The van der Waals surface area contributed by atoms with Gasteiger partial charge in [0.2, 0.25) is 0 Å².